The van der Waals surface area contributed by atoms with Crippen molar-refractivity contribution < 1.29 is 14.6 Å². The van der Waals surface area contributed by atoms with Crippen LogP contribution in [-0.4, -0.2) is 28.4 Å². The van der Waals surface area contributed by atoms with E-state index >= 15 is 0 Å². The van der Waals surface area contributed by atoms with Gasteiger partial charge in [-0.25, -0.2) is 4.98 Å². The van der Waals surface area contributed by atoms with Gasteiger partial charge in [-0.15, -0.1) is 0 Å². The zero-order chi connectivity index (χ0) is 13.7. The van der Waals surface area contributed by atoms with Crippen molar-refractivity contribution in [2.75, 3.05) is 13.7 Å². The molecule has 0 radical (unpaired) electrons. The van der Waals surface area contributed by atoms with Crippen LogP contribution in [0.1, 0.15) is 18.6 Å². The second kappa shape index (κ2) is 6.24. The summed E-state index contributed by atoms with van der Waals surface area (Å²) in [6, 6.07) is 5.41. The second-order valence-corrected chi connectivity index (χ2v) is 4.23. The maximum absolute atomic E-state index is 9.72. The van der Waals surface area contributed by atoms with Crippen LogP contribution in [0.2, 0.25) is 0 Å². The minimum absolute atomic E-state index is 0.503. The summed E-state index contributed by atoms with van der Waals surface area (Å²) in [5.74, 6) is 1.36. The third kappa shape index (κ3) is 3.48. The minimum atomic E-state index is -0.575. The third-order valence-corrected chi connectivity index (χ3v) is 2.84. The molecule has 5 heteroatoms. The van der Waals surface area contributed by atoms with E-state index in [1.165, 1.54) is 0 Å². The van der Waals surface area contributed by atoms with Crippen molar-refractivity contribution in [3.8, 4) is 11.5 Å². The van der Waals surface area contributed by atoms with E-state index in [2.05, 4.69) is 4.98 Å². The number of ether oxygens (including phenoxy) is 2. The molecule has 2 rings (SSSR count). The Hall–Kier alpha value is -2.01. The van der Waals surface area contributed by atoms with Crippen molar-refractivity contribution in [3.05, 3.63) is 42.5 Å². The van der Waals surface area contributed by atoms with Gasteiger partial charge in [-0.1, -0.05) is 0 Å². The van der Waals surface area contributed by atoms with Gasteiger partial charge in [-0.05, 0) is 19.1 Å². The van der Waals surface area contributed by atoms with E-state index < -0.39 is 6.10 Å². The Labute approximate surface area is 112 Å². The normalized spacial score (nSPS) is 12.2. The Morgan fingerprint density at radius 2 is 2.26 bits per heavy atom. The number of hydrogen-bond donors (Lipinski definition) is 1. The molecule has 102 valence electrons. The fraction of sp³-hybridized carbons (Fsp3) is 0.357. The number of aliphatic hydroxyl groups is 1. The zero-order valence-corrected chi connectivity index (χ0v) is 11.1. The van der Waals surface area contributed by atoms with Gasteiger partial charge in [0, 0.05) is 24.0 Å². The first kappa shape index (κ1) is 13.4. The van der Waals surface area contributed by atoms with E-state index in [4.69, 9.17) is 9.47 Å². The molecule has 1 aromatic carbocycles. The molecule has 0 amide bonds. The highest BCUT2D eigenvalue weighted by molar-refractivity contribution is 5.41. The van der Waals surface area contributed by atoms with Crippen molar-refractivity contribution in [3.63, 3.8) is 0 Å². The lowest BCUT2D eigenvalue weighted by molar-refractivity contribution is 0.190. The lowest BCUT2D eigenvalue weighted by Crippen LogP contribution is -2.08. The van der Waals surface area contributed by atoms with Gasteiger partial charge in [-0.3, -0.25) is 0 Å². The van der Waals surface area contributed by atoms with E-state index in [1.807, 2.05) is 22.9 Å². The molecule has 1 aromatic heterocycles. The highest BCUT2D eigenvalue weighted by Gasteiger charge is 2.10. The molecule has 0 aliphatic rings. The SMILES string of the molecule is COc1ccc([C@H](C)O)c(OCCn2ccnc2)c1. The maximum atomic E-state index is 9.72. The molecule has 2 aromatic rings. The van der Waals surface area contributed by atoms with E-state index in [0.717, 1.165) is 5.56 Å². The predicted molar refractivity (Wildman–Crippen MR) is 71.3 cm³/mol. The molecule has 1 atom stereocenters. The summed E-state index contributed by atoms with van der Waals surface area (Å²) in [5, 5.41) is 9.72. The molecule has 0 spiro atoms. The first-order valence-electron chi connectivity index (χ1n) is 6.15. The van der Waals surface area contributed by atoms with E-state index in [1.54, 1.807) is 32.6 Å². The van der Waals surface area contributed by atoms with Gasteiger partial charge in [-0.2, -0.15) is 0 Å². The van der Waals surface area contributed by atoms with Crippen LogP contribution in [-0.2, 0) is 6.54 Å². The van der Waals surface area contributed by atoms with Crippen molar-refractivity contribution in [2.45, 2.75) is 19.6 Å². The predicted octanol–water partition coefficient (Wildman–Crippen LogP) is 2.02. The molecule has 0 fully saturated rings. The van der Waals surface area contributed by atoms with Crippen LogP contribution >= 0.6 is 0 Å². The van der Waals surface area contributed by atoms with Crippen LogP contribution in [0.25, 0.3) is 0 Å². The van der Waals surface area contributed by atoms with Gasteiger partial charge < -0.3 is 19.1 Å². The summed E-state index contributed by atoms with van der Waals surface area (Å²) in [7, 11) is 1.60. The summed E-state index contributed by atoms with van der Waals surface area (Å²) in [5.41, 5.74) is 0.756. The zero-order valence-electron chi connectivity index (χ0n) is 11.1. The van der Waals surface area contributed by atoms with Crippen LogP contribution in [0, 0.1) is 0 Å². The Balaban J connectivity index is 2.04. The van der Waals surface area contributed by atoms with E-state index in [9.17, 15) is 5.11 Å². The number of rotatable bonds is 6. The first-order valence-corrected chi connectivity index (χ1v) is 6.15. The molecule has 0 aliphatic carbocycles. The topological polar surface area (TPSA) is 56.5 Å². The molecule has 19 heavy (non-hydrogen) atoms. The molecule has 0 unspecified atom stereocenters. The van der Waals surface area contributed by atoms with Gasteiger partial charge in [0.2, 0.25) is 0 Å². The monoisotopic (exact) mass is 262 g/mol. The number of hydrogen-bond acceptors (Lipinski definition) is 4. The van der Waals surface area contributed by atoms with Gasteiger partial charge in [0.05, 0.1) is 26.1 Å². The molecule has 0 saturated carbocycles. The van der Waals surface area contributed by atoms with Crippen molar-refractivity contribution in [1.29, 1.82) is 0 Å². The van der Waals surface area contributed by atoms with Crippen LogP contribution in [0.5, 0.6) is 11.5 Å². The largest absolute Gasteiger partial charge is 0.497 e. The lowest BCUT2D eigenvalue weighted by atomic mass is 10.1. The van der Waals surface area contributed by atoms with Gasteiger partial charge in [0.1, 0.15) is 18.1 Å². The summed E-state index contributed by atoms with van der Waals surface area (Å²) < 4.78 is 12.8. The number of aromatic nitrogens is 2. The number of methoxy groups -OCH3 is 1. The molecule has 5 nitrogen and oxygen atoms in total. The number of aliphatic hydroxyl groups excluding tert-OH is 1. The maximum Gasteiger partial charge on any atom is 0.128 e. The molecular formula is C14H18N2O3. The molecule has 0 saturated heterocycles. The highest BCUT2D eigenvalue weighted by Crippen LogP contribution is 2.29. The average molecular weight is 262 g/mol. The van der Waals surface area contributed by atoms with Gasteiger partial charge in [0.15, 0.2) is 0 Å². The number of benzene rings is 1. The van der Waals surface area contributed by atoms with E-state index in [0.29, 0.717) is 24.7 Å². The van der Waals surface area contributed by atoms with Crippen LogP contribution in [0.15, 0.2) is 36.9 Å². The summed E-state index contributed by atoms with van der Waals surface area (Å²) in [6.07, 6.45) is 4.77. The van der Waals surface area contributed by atoms with Crippen molar-refractivity contribution in [2.24, 2.45) is 0 Å². The van der Waals surface area contributed by atoms with Crippen molar-refractivity contribution in [1.82, 2.24) is 9.55 Å². The van der Waals surface area contributed by atoms with Gasteiger partial charge in [0.25, 0.3) is 0 Å². The molecule has 0 bridgehead atoms. The summed E-state index contributed by atoms with van der Waals surface area (Å²) in [6.45, 7) is 2.92. The Bertz CT molecular complexity index is 509. The standard InChI is InChI=1S/C14H18N2O3/c1-11(17)13-4-3-12(18-2)9-14(13)19-8-7-16-6-5-15-10-16/h3-6,9-11,17H,7-8H2,1-2H3/t11-/m0/s1. The van der Waals surface area contributed by atoms with Crippen molar-refractivity contribution >= 4 is 0 Å². The molecule has 1 N–H and O–H groups in total. The smallest absolute Gasteiger partial charge is 0.128 e. The lowest BCUT2D eigenvalue weighted by Gasteiger charge is -2.14. The summed E-state index contributed by atoms with van der Waals surface area (Å²) >= 11 is 0. The first-order chi connectivity index (χ1) is 9.20. The van der Waals surface area contributed by atoms with E-state index in [-0.39, 0.29) is 0 Å². The Kier molecular flexibility index (Phi) is 4.41. The van der Waals surface area contributed by atoms with Crippen LogP contribution in [0.4, 0.5) is 0 Å². The number of imidazole rings is 1. The fourth-order valence-corrected chi connectivity index (χ4v) is 1.79. The quantitative estimate of drug-likeness (QED) is 0.865. The second-order valence-electron chi connectivity index (χ2n) is 4.23. The molecule has 0 aliphatic heterocycles. The Morgan fingerprint density at radius 1 is 1.42 bits per heavy atom. The average Bonchev–Trinajstić information content (AvgIpc) is 2.91. The van der Waals surface area contributed by atoms with Gasteiger partial charge >= 0.3 is 0 Å². The third-order valence-electron chi connectivity index (χ3n) is 2.84. The summed E-state index contributed by atoms with van der Waals surface area (Å²) in [4.78, 5) is 3.97. The number of nitrogens with zero attached hydrogens (tertiary/aromatic N) is 2. The minimum Gasteiger partial charge on any atom is -0.497 e. The highest BCUT2D eigenvalue weighted by atomic mass is 16.5. The Morgan fingerprint density at radius 3 is 2.89 bits per heavy atom. The molecule has 1 heterocycles. The fourth-order valence-electron chi connectivity index (χ4n) is 1.79. The van der Waals surface area contributed by atoms with Crippen LogP contribution in [0.3, 0.4) is 0 Å². The molecular weight excluding hydrogens is 244 g/mol. The van der Waals surface area contributed by atoms with Crippen LogP contribution < -0.4 is 9.47 Å².